The van der Waals surface area contributed by atoms with E-state index in [2.05, 4.69) is 34.3 Å². The van der Waals surface area contributed by atoms with E-state index < -0.39 is 17.7 Å². The van der Waals surface area contributed by atoms with Gasteiger partial charge in [0.25, 0.3) is 0 Å². The number of carbonyl (C=O) groups is 2. The lowest BCUT2D eigenvalue weighted by atomic mass is 9.78. The zero-order valence-electron chi connectivity index (χ0n) is 24.0. The number of aliphatic hydroxyl groups is 1. The van der Waals surface area contributed by atoms with E-state index in [0.717, 1.165) is 69.6 Å². The summed E-state index contributed by atoms with van der Waals surface area (Å²) in [6, 6.07) is 11.1. The van der Waals surface area contributed by atoms with Gasteiger partial charge in [-0.2, -0.15) is 0 Å². The monoisotopic (exact) mass is 548 g/mol. The van der Waals surface area contributed by atoms with Crippen molar-refractivity contribution in [2.24, 2.45) is 5.92 Å². The van der Waals surface area contributed by atoms with Crippen LogP contribution in [0.15, 0.2) is 42.6 Å². The number of aliphatic hydroxyl groups excluding tert-OH is 1. The van der Waals surface area contributed by atoms with Crippen LogP contribution in [0.2, 0.25) is 0 Å². The second kappa shape index (κ2) is 12.7. The zero-order valence-corrected chi connectivity index (χ0v) is 24.0. The SMILES string of the molecule is CCCCN1C(=O)[C@@H]([C@H](O)C2CCCCC2)NC(=O)C12CCN(Cc1ccc(Oc3ccc(C)nc3)cc1)CC2. The molecule has 1 aliphatic carbocycles. The summed E-state index contributed by atoms with van der Waals surface area (Å²) in [6.07, 6.45) is 9.09. The molecule has 5 rings (SSSR count). The fourth-order valence-electron chi connectivity index (χ4n) is 6.61. The van der Waals surface area contributed by atoms with Crippen LogP contribution >= 0.6 is 0 Å². The molecule has 3 aliphatic rings. The fourth-order valence-corrected chi connectivity index (χ4v) is 6.61. The summed E-state index contributed by atoms with van der Waals surface area (Å²) in [5.41, 5.74) is 1.30. The molecule has 2 amide bonds. The van der Waals surface area contributed by atoms with E-state index in [4.69, 9.17) is 4.74 Å². The van der Waals surface area contributed by atoms with Gasteiger partial charge in [-0.05, 0) is 74.8 Å². The van der Waals surface area contributed by atoms with Crippen molar-refractivity contribution >= 4 is 11.8 Å². The van der Waals surface area contributed by atoms with Crippen LogP contribution < -0.4 is 10.1 Å². The molecular weight excluding hydrogens is 504 g/mol. The minimum absolute atomic E-state index is 0.0808. The highest BCUT2D eigenvalue weighted by atomic mass is 16.5. The summed E-state index contributed by atoms with van der Waals surface area (Å²) in [5, 5.41) is 14.2. The normalized spacial score (nSPS) is 22.8. The first-order valence-corrected chi connectivity index (χ1v) is 15.1. The van der Waals surface area contributed by atoms with Crippen molar-refractivity contribution < 1.29 is 19.4 Å². The Labute approximate surface area is 238 Å². The molecule has 0 bridgehead atoms. The summed E-state index contributed by atoms with van der Waals surface area (Å²) in [4.78, 5) is 36.0. The van der Waals surface area contributed by atoms with E-state index >= 15 is 0 Å². The Balaban J connectivity index is 1.21. The smallest absolute Gasteiger partial charge is 0.248 e. The van der Waals surface area contributed by atoms with Crippen LogP contribution in [-0.4, -0.2) is 69.0 Å². The molecular formula is C32H44N4O4. The second-order valence-electron chi connectivity index (χ2n) is 11.9. The standard InChI is InChI=1S/C32H44N4O4/c1-3-4-18-36-30(38)28(29(37)25-8-6-5-7-9-25)34-31(39)32(36)16-19-35(20-17-32)22-24-11-14-26(15-12-24)40-27-13-10-23(2)33-21-27/h10-15,21,25,28-29,37H,3-9,16-20,22H2,1-2H3,(H,34,39)/t28-,29-/m1/s1. The van der Waals surface area contributed by atoms with Gasteiger partial charge in [0.1, 0.15) is 23.1 Å². The number of piperazine rings is 1. The molecule has 2 saturated heterocycles. The molecule has 2 aromatic rings. The third kappa shape index (κ3) is 6.18. The van der Waals surface area contributed by atoms with Crippen molar-refractivity contribution in [2.75, 3.05) is 19.6 Å². The number of ether oxygens (including phenoxy) is 1. The predicted octanol–water partition coefficient (Wildman–Crippen LogP) is 4.59. The average Bonchev–Trinajstić information content (AvgIpc) is 2.98. The first kappa shape index (κ1) is 28.6. The lowest BCUT2D eigenvalue weighted by molar-refractivity contribution is -0.166. The Bertz CT molecular complexity index is 1140. The van der Waals surface area contributed by atoms with Gasteiger partial charge in [0, 0.05) is 31.9 Å². The van der Waals surface area contributed by atoms with Crippen molar-refractivity contribution in [3.8, 4) is 11.5 Å². The summed E-state index contributed by atoms with van der Waals surface area (Å²) in [6.45, 7) is 6.84. The second-order valence-corrected chi connectivity index (χ2v) is 11.9. The molecule has 2 aliphatic heterocycles. The summed E-state index contributed by atoms with van der Waals surface area (Å²) in [7, 11) is 0. The minimum atomic E-state index is -0.828. The number of likely N-dealkylation sites (tertiary alicyclic amines) is 1. The number of hydrogen-bond acceptors (Lipinski definition) is 6. The van der Waals surface area contributed by atoms with Gasteiger partial charge in [-0.25, -0.2) is 0 Å². The topological polar surface area (TPSA) is 95.0 Å². The number of nitrogens with one attached hydrogen (secondary N) is 1. The van der Waals surface area contributed by atoms with E-state index in [1.54, 1.807) is 6.20 Å². The maximum Gasteiger partial charge on any atom is 0.248 e. The largest absolute Gasteiger partial charge is 0.456 e. The van der Waals surface area contributed by atoms with Gasteiger partial charge in [0.2, 0.25) is 11.8 Å². The minimum Gasteiger partial charge on any atom is -0.456 e. The maximum absolute atomic E-state index is 13.8. The molecule has 2 N–H and O–H groups in total. The van der Waals surface area contributed by atoms with Gasteiger partial charge in [-0.1, -0.05) is 44.7 Å². The quantitative estimate of drug-likeness (QED) is 0.476. The first-order valence-electron chi connectivity index (χ1n) is 15.1. The molecule has 0 radical (unpaired) electrons. The molecule has 1 saturated carbocycles. The van der Waals surface area contributed by atoms with Crippen LogP contribution in [0.4, 0.5) is 0 Å². The van der Waals surface area contributed by atoms with E-state index in [1.807, 2.05) is 36.1 Å². The number of aryl methyl sites for hydroxylation is 1. The van der Waals surface area contributed by atoms with Crippen LogP contribution in [0.25, 0.3) is 0 Å². The highest BCUT2D eigenvalue weighted by Gasteiger charge is 2.55. The Morgan fingerprint density at radius 1 is 1.05 bits per heavy atom. The Hall–Kier alpha value is -2.97. The van der Waals surface area contributed by atoms with Crippen molar-refractivity contribution in [3.05, 3.63) is 53.9 Å². The summed E-state index contributed by atoms with van der Waals surface area (Å²) in [5.74, 6) is 1.37. The molecule has 1 aromatic heterocycles. The molecule has 1 aromatic carbocycles. The predicted molar refractivity (Wildman–Crippen MR) is 154 cm³/mol. The molecule has 3 fully saturated rings. The van der Waals surface area contributed by atoms with Crippen LogP contribution in [0, 0.1) is 12.8 Å². The number of aromatic nitrogens is 1. The van der Waals surface area contributed by atoms with Crippen molar-refractivity contribution in [3.63, 3.8) is 0 Å². The molecule has 3 heterocycles. The first-order chi connectivity index (χ1) is 19.4. The lowest BCUT2D eigenvalue weighted by Crippen LogP contribution is -2.75. The number of amides is 2. The van der Waals surface area contributed by atoms with Crippen molar-refractivity contribution in [1.82, 2.24) is 20.1 Å². The summed E-state index contributed by atoms with van der Waals surface area (Å²) < 4.78 is 5.91. The fraction of sp³-hybridized carbons (Fsp3) is 0.594. The van der Waals surface area contributed by atoms with E-state index in [1.165, 1.54) is 12.0 Å². The molecule has 1 spiro atoms. The van der Waals surface area contributed by atoms with E-state index in [0.29, 0.717) is 25.1 Å². The molecule has 2 atom stereocenters. The third-order valence-electron chi connectivity index (χ3n) is 9.10. The van der Waals surface area contributed by atoms with Crippen LogP contribution in [-0.2, 0) is 16.1 Å². The lowest BCUT2D eigenvalue weighted by Gasteiger charge is -2.52. The van der Waals surface area contributed by atoms with Gasteiger partial charge in [0.05, 0.1) is 12.3 Å². The summed E-state index contributed by atoms with van der Waals surface area (Å²) >= 11 is 0. The number of nitrogens with zero attached hydrogens (tertiary/aromatic N) is 3. The Morgan fingerprint density at radius 3 is 2.40 bits per heavy atom. The molecule has 8 nitrogen and oxygen atoms in total. The zero-order chi connectivity index (χ0) is 28.1. The van der Waals surface area contributed by atoms with Crippen molar-refractivity contribution in [2.45, 2.75) is 95.9 Å². The van der Waals surface area contributed by atoms with E-state index in [9.17, 15) is 14.7 Å². The van der Waals surface area contributed by atoms with Crippen molar-refractivity contribution in [1.29, 1.82) is 0 Å². The number of carbonyl (C=O) groups excluding carboxylic acids is 2. The third-order valence-corrected chi connectivity index (χ3v) is 9.10. The Kier molecular flexibility index (Phi) is 9.06. The van der Waals surface area contributed by atoms with Crippen LogP contribution in [0.3, 0.4) is 0 Å². The Morgan fingerprint density at radius 2 is 1.75 bits per heavy atom. The number of piperidine rings is 1. The van der Waals surface area contributed by atoms with Gasteiger partial charge in [-0.15, -0.1) is 0 Å². The maximum atomic E-state index is 13.8. The van der Waals surface area contributed by atoms with Gasteiger partial charge >= 0.3 is 0 Å². The number of pyridine rings is 1. The molecule has 0 unspecified atom stereocenters. The van der Waals surface area contributed by atoms with Crippen LogP contribution in [0.1, 0.15) is 76.0 Å². The average molecular weight is 549 g/mol. The number of rotatable bonds is 9. The highest BCUT2D eigenvalue weighted by Crippen LogP contribution is 2.36. The van der Waals surface area contributed by atoms with Gasteiger partial charge in [0.15, 0.2) is 0 Å². The van der Waals surface area contributed by atoms with E-state index in [-0.39, 0.29) is 17.7 Å². The molecule has 8 heteroatoms. The highest BCUT2D eigenvalue weighted by molar-refractivity contribution is 6.00. The van der Waals surface area contributed by atoms with Gasteiger partial charge < -0.3 is 20.1 Å². The molecule has 40 heavy (non-hydrogen) atoms. The van der Waals surface area contributed by atoms with Gasteiger partial charge in [-0.3, -0.25) is 19.5 Å². The van der Waals surface area contributed by atoms with Crippen LogP contribution in [0.5, 0.6) is 11.5 Å². The number of unbranched alkanes of at least 4 members (excludes halogenated alkanes) is 1. The number of benzene rings is 1. The number of hydrogen-bond donors (Lipinski definition) is 2. The molecule has 216 valence electrons.